The maximum Gasteiger partial charge on any atom is 0.355 e. The number of hydrogen-bond acceptors (Lipinski definition) is 5. The third-order valence-corrected chi connectivity index (χ3v) is 2.73. The van der Waals surface area contributed by atoms with Crippen molar-refractivity contribution < 1.29 is 19.1 Å². The van der Waals surface area contributed by atoms with Crippen molar-refractivity contribution in [2.75, 3.05) is 0 Å². The van der Waals surface area contributed by atoms with Gasteiger partial charge in [-0.2, -0.15) is 0 Å². The minimum absolute atomic E-state index is 0.148. The van der Waals surface area contributed by atoms with Crippen molar-refractivity contribution in [3.8, 4) is 5.75 Å². The molecule has 0 bridgehead atoms. The summed E-state index contributed by atoms with van der Waals surface area (Å²) in [7, 11) is 0. The number of halogens is 1. The summed E-state index contributed by atoms with van der Waals surface area (Å²) in [5.41, 5.74) is -0.252. The van der Waals surface area contributed by atoms with Gasteiger partial charge in [0.2, 0.25) is 0 Å². The van der Waals surface area contributed by atoms with Crippen LogP contribution in [-0.4, -0.2) is 11.1 Å². The van der Waals surface area contributed by atoms with Gasteiger partial charge in [0.1, 0.15) is 16.4 Å². The Morgan fingerprint density at radius 2 is 2.22 bits per heavy atom. The van der Waals surface area contributed by atoms with Gasteiger partial charge in [-0.05, 0) is 12.1 Å². The van der Waals surface area contributed by atoms with E-state index in [2.05, 4.69) is 0 Å². The SMILES string of the molecule is CC(=O)Oc1ccc2c(CO)c(Cl)c(=O)oc2c1. The first-order valence-electron chi connectivity index (χ1n) is 5.07. The molecule has 1 heterocycles. The Bertz CT molecular complexity index is 674. The van der Waals surface area contributed by atoms with Gasteiger partial charge in [-0.3, -0.25) is 4.79 Å². The molecule has 0 aliphatic heterocycles. The fraction of sp³-hybridized carbons (Fsp3) is 0.167. The van der Waals surface area contributed by atoms with Gasteiger partial charge < -0.3 is 14.3 Å². The first-order chi connectivity index (χ1) is 8.52. The van der Waals surface area contributed by atoms with Gasteiger partial charge in [0.05, 0.1) is 6.61 Å². The normalized spacial score (nSPS) is 10.6. The van der Waals surface area contributed by atoms with Crippen LogP contribution in [-0.2, 0) is 11.4 Å². The van der Waals surface area contributed by atoms with Crippen molar-refractivity contribution in [3.05, 3.63) is 39.2 Å². The van der Waals surface area contributed by atoms with E-state index in [0.29, 0.717) is 5.39 Å². The number of carbonyl (C=O) groups excluding carboxylic acids is 1. The topological polar surface area (TPSA) is 76.7 Å². The van der Waals surface area contributed by atoms with E-state index in [9.17, 15) is 14.7 Å². The van der Waals surface area contributed by atoms with E-state index in [0.717, 1.165) is 0 Å². The average molecular weight is 269 g/mol. The first-order valence-corrected chi connectivity index (χ1v) is 5.45. The van der Waals surface area contributed by atoms with E-state index < -0.39 is 11.6 Å². The molecule has 0 saturated heterocycles. The Labute approximate surface area is 107 Å². The van der Waals surface area contributed by atoms with Crippen LogP contribution in [0.25, 0.3) is 11.0 Å². The van der Waals surface area contributed by atoms with E-state index in [1.807, 2.05) is 0 Å². The van der Waals surface area contributed by atoms with Crippen LogP contribution in [0.3, 0.4) is 0 Å². The van der Waals surface area contributed by atoms with E-state index in [1.54, 1.807) is 6.07 Å². The number of esters is 1. The molecule has 0 saturated carbocycles. The van der Waals surface area contributed by atoms with Crippen LogP contribution in [0.5, 0.6) is 5.75 Å². The lowest BCUT2D eigenvalue weighted by Crippen LogP contribution is -2.05. The highest BCUT2D eigenvalue weighted by Gasteiger charge is 2.13. The van der Waals surface area contributed by atoms with Crippen LogP contribution in [0.2, 0.25) is 5.02 Å². The summed E-state index contributed by atoms with van der Waals surface area (Å²) in [5.74, 6) is -0.225. The van der Waals surface area contributed by atoms with Crippen molar-refractivity contribution >= 4 is 28.5 Å². The standard InChI is InChI=1S/C12H9ClO5/c1-6(15)17-7-2-3-8-9(5-14)11(13)12(16)18-10(8)4-7/h2-4,14H,5H2,1H3. The molecular formula is C12H9ClO5. The fourth-order valence-electron chi connectivity index (χ4n) is 1.61. The first kappa shape index (κ1) is 12.6. The second-order valence-corrected chi connectivity index (χ2v) is 3.97. The Balaban J connectivity index is 2.68. The van der Waals surface area contributed by atoms with Gasteiger partial charge in [0, 0.05) is 23.9 Å². The van der Waals surface area contributed by atoms with Crippen LogP contribution in [0.1, 0.15) is 12.5 Å². The predicted octanol–water partition coefficient (Wildman–Crippen LogP) is 1.86. The lowest BCUT2D eigenvalue weighted by atomic mass is 10.1. The van der Waals surface area contributed by atoms with E-state index in [1.165, 1.54) is 19.1 Å². The number of ether oxygens (including phenoxy) is 1. The second kappa shape index (κ2) is 4.80. The molecule has 94 valence electrons. The van der Waals surface area contributed by atoms with Gasteiger partial charge in [0.15, 0.2) is 0 Å². The maximum absolute atomic E-state index is 11.4. The van der Waals surface area contributed by atoms with Crippen molar-refractivity contribution in [1.82, 2.24) is 0 Å². The van der Waals surface area contributed by atoms with E-state index >= 15 is 0 Å². The third-order valence-electron chi connectivity index (χ3n) is 2.34. The molecule has 0 radical (unpaired) electrons. The van der Waals surface area contributed by atoms with Crippen LogP contribution >= 0.6 is 11.6 Å². The summed E-state index contributed by atoms with van der Waals surface area (Å²) in [6, 6.07) is 4.49. The Morgan fingerprint density at radius 3 is 2.83 bits per heavy atom. The molecule has 0 fully saturated rings. The van der Waals surface area contributed by atoms with Crippen LogP contribution in [0, 0.1) is 0 Å². The number of benzene rings is 1. The molecule has 0 aliphatic carbocycles. The Morgan fingerprint density at radius 1 is 1.50 bits per heavy atom. The molecule has 6 heteroatoms. The molecule has 5 nitrogen and oxygen atoms in total. The molecule has 0 atom stereocenters. The molecule has 2 rings (SSSR count). The average Bonchev–Trinajstić information content (AvgIpc) is 2.30. The highest BCUT2D eigenvalue weighted by atomic mass is 35.5. The van der Waals surface area contributed by atoms with Gasteiger partial charge in [-0.25, -0.2) is 4.79 Å². The molecule has 1 N–H and O–H groups in total. The smallest absolute Gasteiger partial charge is 0.355 e. The number of aliphatic hydroxyl groups excluding tert-OH is 1. The molecule has 0 amide bonds. The summed E-state index contributed by atoms with van der Waals surface area (Å²) >= 11 is 5.74. The van der Waals surface area contributed by atoms with Gasteiger partial charge >= 0.3 is 11.6 Å². The maximum atomic E-state index is 11.4. The van der Waals surface area contributed by atoms with Crippen LogP contribution in [0.4, 0.5) is 0 Å². The summed E-state index contributed by atoms with van der Waals surface area (Å²) in [4.78, 5) is 22.2. The van der Waals surface area contributed by atoms with Gasteiger partial charge in [0.25, 0.3) is 0 Å². The molecule has 1 aromatic carbocycles. The molecule has 0 spiro atoms. The van der Waals surface area contributed by atoms with Gasteiger partial charge in [-0.1, -0.05) is 11.6 Å². The van der Waals surface area contributed by atoms with Crippen LogP contribution < -0.4 is 10.4 Å². The molecule has 2 aromatic rings. The second-order valence-electron chi connectivity index (χ2n) is 3.59. The number of aliphatic hydroxyl groups is 1. The van der Waals surface area contributed by atoms with Crippen molar-refractivity contribution in [2.45, 2.75) is 13.5 Å². The highest BCUT2D eigenvalue weighted by molar-refractivity contribution is 6.31. The molecule has 0 unspecified atom stereocenters. The largest absolute Gasteiger partial charge is 0.427 e. The quantitative estimate of drug-likeness (QED) is 0.511. The monoisotopic (exact) mass is 268 g/mol. The van der Waals surface area contributed by atoms with Crippen LogP contribution in [0.15, 0.2) is 27.4 Å². The molecular weight excluding hydrogens is 260 g/mol. The summed E-state index contributed by atoms with van der Waals surface area (Å²) in [6.45, 7) is 0.884. The Hall–Kier alpha value is -1.85. The van der Waals surface area contributed by atoms with Gasteiger partial charge in [-0.15, -0.1) is 0 Å². The van der Waals surface area contributed by atoms with Crippen molar-refractivity contribution in [1.29, 1.82) is 0 Å². The fourth-order valence-corrected chi connectivity index (χ4v) is 1.81. The summed E-state index contributed by atoms with van der Waals surface area (Å²) in [6.07, 6.45) is 0. The lowest BCUT2D eigenvalue weighted by Gasteiger charge is -2.06. The zero-order valence-electron chi connectivity index (χ0n) is 9.40. The minimum atomic E-state index is -0.742. The summed E-state index contributed by atoms with van der Waals surface area (Å²) < 4.78 is 9.84. The Kier molecular flexibility index (Phi) is 3.36. The molecule has 1 aromatic heterocycles. The van der Waals surface area contributed by atoms with E-state index in [4.69, 9.17) is 20.8 Å². The van der Waals surface area contributed by atoms with E-state index in [-0.39, 0.29) is 28.5 Å². The highest BCUT2D eigenvalue weighted by Crippen LogP contribution is 2.26. The minimum Gasteiger partial charge on any atom is -0.427 e. The number of rotatable bonds is 2. The number of carbonyl (C=O) groups is 1. The zero-order valence-corrected chi connectivity index (χ0v) is 10.2. The third kappa shape index (κ3) is 2.23. The summed E-state index contributed by atoms with van der Waals surface area (Å²) in [5, 5.41) is 9.56. The van der Waals surface area contributed by atoms with Crippen molar-refractivity contribution in [3.63, 3.8) is 0 Å². The van der Waals surface area contributed by atoms with Crippen molar-refractivity contribution in [2.24, 2.45) is 0 Å². The lowest BCUT2D eigenvalue weighted by molar-refractivity contribution is -0.131. The number of fused-ring (bicyclic) bond motifs is 1. The number of hydrogen-bond donors (Lipinski definition) is 1. The molecule has 18 heavy (non-hydrogen) atoms. The zero-order chi connectivity index (χ0) is 13.3. The molecule has 0 aliphatic rings. The predicted molar refractivity (Wildman–Crippen MR) is 64.7 cm³/mol.